The minimum atomic E-state index is -4.45. The van der Waals surface area contributed by atoms with E-state index in [2.05, 4.69) is 10.4 Å². The molecule has 1 rings (SSSR count). The molecular weight excluding hydrogens is 227 g/mol. The lowest BCUT2D eigenvalue weighted by molar-refractivity contribution is -0.122. The summed E-state index contributed by atoms with van der Waals surface area (Å²) < 4.78 is 36.5. The molecular formula is C7H10F3N5O. The third-order valence-corrected chi connectivity index (χ3v) is 1.65. The van der Waals surface area contributed by atoms with E-state index in [1.54, 1.807) is 5.32 Å². The lowest BCUT2D eigenvalue weighted by Crippen LogP contribution is -2.37. The zero-order valence-corrected chi connectivity index (χ0v) is 8.30. The van der Waals surface area contributed by atoms with Crippen molar-refractivity contribution in [3.05, 3.63) is 6.20 Å². The number of hydrogen-bond acceptors (Lipinski definition) is 3. The van der Waals surface area contributed by atoms with Crippen LogP contribution in [0.25, 0.3) is 0 Å². The van der Waals surface area contributed by atoms with Crippen molar-refractivity contribution >= 4 is 17.5 Å². The Bertz CT molecular complexity index is 366. The van der Waals surface area contributed by atoms with E-state index < -0.39 is 18.8 Å². The van der Waals surface area contributed by atoms with Gasteiger partial charge in [0.2, 0.25) is 0 Å². The number of urea groups is 1. The molecule has 1 aromatic heterocycles. The fourth-order valence-corrected chi connectivity index (χ4v) is 0.940. The molecule has 0 saturated carbocycles. The van der Waals surface area contributed by atoms with Crippen LogP contribution in [0.3, 0.4) is 0 Å². The van der Waals surface area contributed by atoms with Crippen molar-refractivity contribution in [2.75, 3.05) is 17.6 Å². The third kappa shape index (κ3) is 3.33. The Morgan fingerprint density at radius 1 is 1.62 bits per heavy atom. The van der Waals surface area contributed by atoms with E-state index in [4.69, 9.17) is 5.73 Å². The molecule has 0 bridgehead atoms. The second-order valence-electron chi connectivity index (χ2n) is 2.99. The van der Waals surface area contributed by atoms with Crippen LogP contribution in [0.4, 0.5) is 29.5 Å². The van der Waals surface area contributed by atoms with Crippen LogP contribution in [-0.2, 0) is 7.05 Å². The van der Waals surface area contributed by atoms with Crippen LogP contribution in [0.15, 0.2) is 6.20 Å². The van der Waals surface area contributed by atoms with E-state index >= 15 is 0 Å². The summed E-state index contributed by atoms with van der Waals surface area (Å²) in [5, 5.41) is 7.51. The molecule has 0 atom stereocenters. The Morgan fingerprint density at radius 3 is 2.69 bits per heavy atom. The van der Waals surface area contributed by atoms with Gasteiger partial charge < -0.3 is 11.1 Å². The van der Waals surface area contributed by atoms with Crippen molar-refractivity contribution in [2.24, 2.45) is 7.05 Å². The molecule has 0 radical (unpaired) electrons. The summed E-state index contributed by atoms with van der Waals surface area (Å²) >= 11 is 0. The van der Waals surface area contributed by atoms with Crippen LogP contribution in [-0.4, -0.2) is 28.5 Å². The van der Waals surface area contributed by atoms with Gasteiger partial charge in [0, 0.05) is 7.05 Å². The first-order chi connectivity index (χ1) is 7.29. The molecule has 2 amide bonds. The van der Waals surface area contributed by atoms with Crippen LogP contribution in [0.1, 0.15) is 0 Å². The van der Waals surface area contributed by atoms with Crippen LogP contribution in [0, 0.1) is 0 Å². The highest BCUT2D eigenvalue weighted by Gasteiger charge is 2.27. The van der Waals surface area contributed by atoms with E-state index in [9.17, 15) is 18.0 Å². The Labute approximate surface area is 88.6 Å². The molecule has 6 nitrogen and oxygen atoms in total. The molecule has 90 valence electrons. The lowest BCUT2D eigenvalue weighted by atomic mass is 10.5. The summed E-state index contributed by atoms with van der Waals surface area (Å²) in [7, 11) is 1.50. The third-order valence-electron chi connectivity index (χ3n) is 1.65. The fraction of sp³-hybridized carbons (Fsp3) is 0.429. The number of amides is 2. The number of alkyl halides is 3. The normalized spacial score (nSPS) is 11.2. The van der Waals surface area contributed by atoms with Gasteiger partial charge in [0.1, 0.15) is 6.54 Å². The Balaban J connectivity index is 2.53. The maximum absolute atomic E-state index is 11.8. The predicted molar refractivity (Wildman–Crippen MR) is 50.7 cm³/mol. The number of nitrogens with one attached hydrogen (secondary N) is 2. The average Bonchev–Trinajstić information content (AvgIpc) is 2.45. The number of nitrogens with zero attached hydrogens (tertiary/aromatic N) is 2. The molecule has 1 heterocycles. The molecule has 0 unspecified atom stereocenters. The first kappa shape index (κ1) is 12.1. The number of nitrogens with two attached hydrogens (primary N) is 1. The van der Waals surface area contributed by atoms with Gasteiger partial charge in [-0.2, -0.15) is 18.3 Å². The Hall–Kier alpha value is -1.93. The van der Waals surface area contributed by atoms with Crippen molar-refractivity contribution in [1.29, 1.82) is 0 Å². The lowest BCUT2D eigenvalue weighted by Gasteiger charge is -2.10. The second-order valence-corrected chi connectivity index (χ2v) is 2.99. The average molecular weight is 237 g/mol. The van der Waals surface area contributed by atoms with Gasteiger partial charge in [-0.05, 0) is 0 Å². The quantitative estimate of drug-likeness (QED) is 0.707. The predicted octanol–water partition coefficient (Wildman–Crippen LogP) is 0.686. The SMILES string of the molecule is Cn1ncc(N)c1NC(=O)NCC(F)(F)F. The molecule has 16 heavy (non-hydrogen) atoms. The summed E-state index contributed by atoms with van der Waals surface area (Å²) in [6, 6.07) is -0.993. The zero-order chi connectivity index (χ0) is 12.3. The van der Waals surface area contributed by atoms with Crippen LogP contribution in [0.5, 0.6) is 0 Å². The Morgan fingerprint density at radius 2 is 2.25 bits per heavy atom. The van der Waals surface area contributed by atoms with Crippen molar-refractivity contribution in [3.8, 4) is 0 Å². The summed E-state index contributed by atoms with van der Waals surface area (Å²) in [5.41, 5.74) is 5.59. The molecule has 0 aliphatic heterocycles. The molecule has 0 spiro atoms. The number of hydrogen-bond donors (Lipinski definition) is 3. The number of carbonyl (C=O) groups excluding carboxylic acids is 1. The van der Waals surface area contributed by atoms with Gasteiger partial charge in [-0.3, -0.25) is 10.00 Å². The van der Waals surface area contributed by atoms with E-state index in [-0.39, 0.29) is 11.5 Å². The van der Waals surface area contributed by atoms with E-state index in [0.717, 1.165) is 0 Å². The molecule has 0 aliphatic rings. The van der Waals surface area contributed by atoms with Crippen molar-refractivity contribution in [1.82, 2.24) is 15.1 Å². The maximum atomic E-state index is 11.8. The van der Waals surface area contributed by atoms with E-state index in [1.807, 2.05) is 0 Å². The summed E-state index contributed by atoms with van der Waals surface area (Å²) in [4.78, 5) is 11.0. The smallest absolute Gasteiger partial charge is 0.394 e. The minimum Gasteiger partial charge on any atom is -0.394 e. The summed E-state index contributed by atoms with van der Waals surface area (Å²) in [6.45, 7) is -1.41. The van der Waals surface area contributed by atoms with Crippen molar-refractivity contribution < 1.29 is 18.0 Å². The maximum Gasteiger partial charge on any atom is 0.405 e. The summed E-state index contributed by atoms with van der Waals surface area (Å²) in [6.07, 6.45) is -3.17. The zero-order valence-electron chi connectivity index (χ0n) is 8.30. The van der Waals surface area contributed by atoms with Crippen molar-refractivity contribution in [3.63, 3.8) is 0 Å². The number of anilines is 2. The highest BCUT2D eigenvalue weighted by Crippen LogP contribution is 2.16. The second kappa shape index (κ2) is 4.29. The molecule has 0 aliphatic carbocycles. The number of aromatic nitrogens is 2. The number of rotatable bonds is 2. The van der Waals surface area contributed by atoms with E-state index in [0.29, 0.717) is 0 Å². The molecule has 0 saturated heterocycles. The molecule has 9 heteroatoms. The monoisotopic (exact) mass is 237 g/mol. The number of nitrogen functional groups attached to an aromatic ring is 1. The topological polar surface area (TPSA) is 85.0 Å². The summed E-state index contributed by atoms with van der Waals surface area (Å²) in [5.74, 6) is 0.139. The molecule has 1 aromatic rings. The Kier molecular flexibility index (Phi) is 3.25. The molecule has 0 fully saturated rings. The van der Waals surface area contributed by atoms with Gasteiger partial charge in [0.25, 0.3) is 0 Å². The van der Waals surface area contributed by atoms with Gasteiger partial charge in [-0.15, -0.1) is 0 Å². The van der Waals surface area contributed by atoms with Crippen LogP contribution in [0.2, 0.25) is 0 Å². The number of halogens is 3. The van der Waals surface area contributed by atoms with Crippen LogP contribution >= 0.6 is 0 Å². The van der Waals surface area contributed by atoms with Crippen molar-refractivity contribution in [2.45, 2.75) is 6.18 Å². The van der Waals surface area contributed by atoms with Gasteiger partial charge in [-0.25, -0.2) is 4.79 Å². The molecule has 4 N–H and O–H groups in total. The van der Waals surface area contributed by atoms with Gasteiger partial charge >= 0.3 is 12.2 Å². The highest BCUT2D eigenvalue weighted by atomic mass is 19.4. The van der Waals surface area contributed by atoms with Crippen LogP contribution < -0.4 is 16.4 Å². The van der Waals surface area contributed by atoms with Gasteiger partial charge in [0.05, 0.1) is 11.9 Å². The van der Waals surface area contributed by atoms with Gasteiger partial charge in [-0.1, -0.05) is 0 Å². The number of aryl methyl sites for hydroxylation is 1. The molecule has 0 aromatic carbocycles. The number of carbonyl (C=O) groups is 1. The first-order valence-corrected chi connectivity index (χ1v) is 4.18. The minimum absolute atomic E-state index is 0.139. The fourth-order valence-electron chi connectivity index (χ4n) is 0.940. The van der Waals surface area contributed by atoms with Gasteiger partial charge in [0.15, 0.2) is 5.82 Å². The first-order valence-electron chi connectivity index (χ1n) is 4.18. The largest absolute Gasteiger partial charge is 0.405 e. The standard InChI is InChI=1S/C7H10F3N5O/c1-15-5(4(11)2-13-15)14-6(16)12-3-7(8,9)10/h2H,3,11H2,1H3,(H2,12,14,16). The van der Waals surface area contributed by atoms with E-state index in [1.165, 1.54) is 17.9 Å². The highest BCUT2D eigenvalue weighted by molar-refractivity contribution is 5.91.